The predicted molar refractivity (Wildman–Crippen MR) is 44.3 cm³/mol. The molecule has 2 N–H and O–H groups in total. The van der Waals surface area contributed by atoms with Crippen LogP contribution in [0.25, 0.3) is 0 Å². The molecule has 0 spiro atoms. The molecular formula is C8H11N3. The second-order valence-electron chi connectivity index (χ2n) is 2.67. The van der Waals surface area contributed by atoms with Crippen molar-refractivity contribution in [2.24, 2.45) is 5.73 Å². The van der Waals surface area contributed by atoms with Gasteiger partial charge in [-0.2, -0.15) is 0 Å². The summed E-state index contributed by atoms with van der Waals surface area (Å²) in [5, 5.41) is 0. The summed E-state index contributed by atoms with van der Waals surface area (Å²) in [6.45, 7) is 1.61. The fourth-order valence-electron chi connectivity index (χ4n) is 1.46. The second-order valence-corrected chi connectivity index (χ2v) is 2.67. The maximum atomic E-state index is 5.55. The zero-order chi connectivity index (χ0) is 7.68. The minimum atomic E-state index is 0.596. The number of hydrogen-bond donors (Lipinski definition) is 1. The van der Waals surface area contributed by atoms with E-state index in [0.29, 0.717) is 6.67 Å². The minimum absolute atomic E-state index is 0.596. The second kappa shape index (κ2) is 2.51. The molecule has 3 heteroatoms. The molecule has 0 unspecified atom stereocenters. The van der Waals surface area contributed by atoms with Gasteiger partial charge in [-0.1, -0.05) is 0 Å². The van der Waals surface area contributed by atoms with Crippen LogP contribution >= 0.6 is 0 Å². The first-order valence-corrected chi connectivity index (χ1v) is 3.81. The first-order valence-electron chi connectivity index (χ1n) is 3.81. The van der Waals surface area contributed by atoms with E-state index in [1.165, 1.54) is 11.4 Å². The molecule has 1 aromatic rings. The first-order chi connectivity index (χ1) is 5.42. The lowest BCUT2D eigenvalue weighted by Crippen LogP contribution is -2.27. The van der Waals surface area contributed by atoms with Gasteiger partial charge in [0.1, 0.15) is 0 Å². The highest BCUT2D eigenvalue weighted by atomic mass is 15.2. The summed E-state index contributed by atoms with van der Waals surface area (Å²) in [6, 6.07) is 4.02. The lowest BCUT2D eigenvalue weighted by atomic mass is 10.3. The Hall–Kier alpha value is -1.09. The number of fused-ring (bicyclic) bond motifs is 1. The quantitative estimate of drug-likeness (QED) is 0.627. The molecule has 1 aliphatic rings. The number of aromatic nitrogens is 1. The van der Waals surface area contributed by atoms with Crippen molar-refractivity contribution in [3.8, 4) is 0 Å². The van der Waals surface area contributed by atoms with Gasteiger partial charge in [-0.3, -0.25) is 4.98 Å². The average Bonchev–Trinajstić information content (AvgIpc) is 2.47. The van der Waals surface area contributed by atoms with Crippen LogP contribution in [0.4, 0.5) is 5.69 Å². The summed E-state index contributed by atoms with van der Waals surface area (Å²) in [7, 11) is 0. The smallest absolute Gasteiger partial charge is 0.0657 e. The van der Waals surface area contributed by atoms with Crippen molar-refractivity contribution in [3.05, 3.63) is 24.0 Å². The maximum Gasteiger partial charge on any atom is 0.0657 e. The van der Waals surface area contributed by atoms with Crippen molar-refractivity contribution in [2.45, 2.75) is 6.42 Å². The summed E-state index contributed by atoms with van der Waals surface area (Å²) in [5.41, 5.74) is 7.93. The van der Waals surface area contributed by atoms with Gasteiger partial charge in [0.15, 0.2) is 0 Å². The van der Waals surface area contributed by atoms with Crippen molar-refractivity contribution in [1.29, 1.82) is 0 Å². The third-order valence-electron chi connectivity index (χ3n) is 2.05. The highest BCUT2D eigenvalue weighted by molar-refractivity contribution is 5.54. The highest BCUT2D eigenvalue weighted by Crippen LogP contribution is 2.23. The summed E-state index contributed by atoms with van der Waals surface area (Å²) in [4.78, 5) is 6.40. The van der Waals surface area contributed by atoms with Crippen molar-refractivity contribution >= 4 is 5.69 Å². The molecule has 2 heterocycles. The summed E-state index contributed by atoms with van der Waals surface area (Å²) in [6.07, 6.45) is 2.87. The Kier molecular flexibility index (Phi) is 1.51. The van der Waals surface area contributed by atoms with Crippen LogP contribution in [0.1, 0.15) is 5.69 Å². The fourth-order valence-corrected chi connectivity index (χ4v) is 1.46. The Balaban J connectivity index is 2.39. The van der Waals surface area contributed by atoms with E-state index in [4.69, 9.17) is 5.73 Å². The molecule has 0 atom stereocenters. The van der Waals surface area contributed by atoms with Crippen LogP contribution in [0.15, 0.2) is 18.3 Å². The number of nitrogens with zero attached hydrogens (tertiary/aromatic N) is 2. The van der Waals surface area contributed by atoms with Crippen LogP contribution in [0.5, 0.6) is 0 Å². The molecule has 0 radical (unpaired) electrons. The Morgan fingerprint density at radius 1 is 1.64 bits per heavy atom. The predicted octanol–water partition coefficient (Wildman–Crippen LogP) is 0.360. The molecule has 0 saturated heterocycles. The molecular weight excluding hydrogens is 138 g/mol. The van der Waals surface area contributed by atoms with E-state index >= 15 is 0 Å². The molecule has 3 nitrogen and oxygen atoms in total. The van der Waals surface area contributed by atoms with Crippen LogP contribution in [-0.4, -0.2) is 18.2 Å². The van der Waals surface area contributed by atoms with Gasteiger partial charge >= 0.3 is 0 Å². The van der Waals surface area contributed by atoms with Crippen LogP contribution < -0.4 is 10.6 Å². The van der Waals surface area contributed by atoms with E-state index in [0.717, 1.165) is 13.0 Å². The molecule has 2 rings (SSSR count). The molecule has 0 aliphatic carbocycles. The summed E-state index contributed by atoms with van der Waals surface area (Å²) in [5.74, 6) is 0. The lowest BCUT2D eigenvalue weighted by molar-refractivity contribution is 0.844. The van der Waals surface area contributed by atoms with Gasteiger partial charge in [0.2, 0.25) is 0 Å². The average molecular weight is 149 g/mol. The van der Waals surface area contributed by atoms with Crippen LogP contribution in [0.3, 0.4) is 0 Å². The topological polar surface area (TPSA) is 42.1 Å². The maximum absolute atomic E-state index is 5.55. The van der Waals surface area contributed by atoms with E-state index in [1.54, 1.807) is 0 Å². The fraction of sp³-hybridized carbons (Fsp3) is 0.375. The van der Waals surface area contributed by atoms with Crippen molar-refractivity contribution in [1.82, 2.24) is 4.98 Å². The Bertz CT molecular complexity index is 259. The zero-order valence-corrected chi connectivity index (χ0v) is 6.33. The van der Waals surface area contributed by atoms with Crippen LogP contribution in [0, 0.1) is 0 Å². The number of anilines is 1. The van der Waals surface area contributed by atoms with Gasteiger partial charge in [-0.05, 0) is 12.1 Å². The number of rotatable bonds is 1. The number of hydrogen-bond acceptors (Lipinski definition) is 3. The highest BCUT2D eigenvalue weighted by Gasteiger charge is 2.17. The Morgan fingerprint density at radius 2 is 2.55 bits per heavy atom. The minimum Gasteiger partial charge on any atom is -0.357 e. The molecule has 58 valence electrons. The van der Waals surface area contributed by atoms with E-state index in [-0.39, 0.29) is 0 Å². The van der Waals surface area contributed by atoms with E-state index in [1.807, 2.05) is 12.3 Å². The van der Waals surface area contributed by atoms with E-state index in [2.05, 4.69) is 16.0 Å². The molecule has 0 bridgehead atoms. The Labute approximate surface area is 65.8 Å². The van der Waals surface area contributed by atoms with Gasteiger partial charge in [-0.15, -0.1) is 0 Å². The Morgan fingerprint density at radius 3 is 3.36 bits per heavy atom. The largest absolute Gasteiger partial charge is 0.357 e. The monoisotopic (exact) mass is 149 g/mol. The van der Waals surface area contributed by atoms with Gasteiger partial charge in [0.25, 0.3) is 0 Å². The third kappa shape index (κ3) is 0.973. The number of nitrogens with two attached hydrogens (primary N) is 1. The molecule has 0 saturated carbocycles. The van der Waals surface area contributed by atoms with Crippen LogP contribution in [-0.2, 0) is 6.42 Å². The van der Waals surface area contributed by atoms with Gasteiger partial charge in [0.05, 0.1) is 18.1 Å². The molecule has 0 amide bonds. The van der Waals surface area contributed by atoms with E-state index < -0.39 is 0 Å². The number of pyridine rings is 1. The third-order valence-corrected chi connectivity index (χ3v) is 2.05. The molecule has 0 aromatic carbocycles. The van der Waals surface area contributed by atoms with Crippen molar-refractivity contribution in [2.75, 3.05) is 18.1 Å². The molecule has 1 aromatic heterocycles. The van der Waals surface area contributed by atoms with Gasteiger partial charge < -0.3 is 10.6 Å². The van der Waals surface area contributed by atoms with Crippen LogP contribution in [0.2, 0.25) is 0 Å². The lowest BCUT2D eigenvalue weighted by Gasteiger charge is -2.14. The van der Waals surface area contributed by atoms with E-state index in [9.17, 15) is 0 Å². The van der Waals surface area contributed by atoms with Gasteiger partial charge in [0, 0.05) is 19.2 Å². The summed E-state index contributed by atoms with van der Waals surface area (Å²) < 4.78 is 0. The summed E-state index contributed by atoms with van der Waals surface area (Å²) >= 11 is 0. The normalized spacial score (nSPS) is 15.2. The first kappa shape index (κ1) is 6.61. The SMILES string of the molecule is NCN1CCc2ncccc21. The van der Waals surface area contributed by atoms with Gasteiger partial charge in [-0.25, -0.2) is 0 Å². The molecule has 0 fully saturated rings. The van der Waals surface area contributed by atoms with Crippen molar-refractivity contribution in [3.63, 3.8) is 0 Å². The molecule has 1 aliphatic heterocycles. The standard InChI is InChI=1S/C8H11N3/c9-6-11-5-3-7-8(11)2-1-4-10-7/h1-2,4H,3,5-6,9H2. The zero-order valence-electron chi connectivity index (χ0n) is 6.33. The molecule has 11 heavy (non-hydrogen) atoms. The van der Waals surface area contributed by atoms with Crippen molar-refractivity contribution < 1.29 is 0 Å².